The predicted molar refractivity (Wildman–Crippen MR) is 128 cm³/mol. The molecule has 0 aliphatic carbocycles. The number of hydrogen-bond donors (Lipinski definition) is 1. The second-order valence-corrected chi connectivity index (χ2v) is 9.42. The van der Waals surface area contributed by atoms with Gasteiger partial charge in [-0.2, -0.15) is 0 Å². The highest BCUT2D eigenvalue weighted by Crippen LogP contribution is 2.30. The molecule has 1 aromatic rings. The Morgan fingerprint density at radius 2 is 1.39 bits per heavy atom. The second kappa shape index (κ2) is 13.9. The molecule has 12 nitrogen and oxygen atoms in total. The van der Waals surface area contributed by atoms with Crippen LogP contribution in [0.1, 0.15) is 53.0 Å². The van der Waals surface area contributed by atoms with Gasteiger partial charge in [0, 0.05) is 27.2 Å². The van der Waals surface area contributed by atoms with Crippen molar-refractivity contribution in [3.63, 3.8) is 0 Å². The molecule has 2 rings (SSSR count). The van der Waals surface area contributed by atoms with Crippen molar-refractivity contribution in [3.8, 4) is 0 Å². The highest BCUT2D eigenvalue weighted by molar-refractivity contribution is 5.77. The Kier molecular flexibility index (Phi) is 11.2. The van der Waals surface area contributed by atoms with Gasteiger partial charge in [0.15, 0.2) is 24.6 Å². The standard InChI is InChI=1S/C26H34O12/c1-15(27)35-21-19(38-24(31)23(37-17(3)29)22(21)36-16(2)28)14-34-25(32)26(4,5)12-11-20(30)33-13-18-9-7-6-8-10-18/h6-10,19,21-24,31H,11-14H2,1-5H3/t19-,21+,22+,23-,24-/m1/s1. The molecule has 1 saturated heterocycles. The summed E-state index contributed by atoms with van der Waals surface area (Å²) in [7, 11) is 0. The first-order chi connectivity index (χ1) is 17.8. The van der Waals surface area contributed by atoms with Crippen LogP contribution in [0.15, 0.2) is 30.3 Å². The minimum Gasteiger partial charge on any atom is -0.462 e. The van der Waals surface area contributed by atoms with Crippen LogP contribution in [-0.4, -0.2) is 72.3 Å². The van der Waals surface area contributed by atoms with Gasteiger partial charge in [0.25, 0.3) is 0 Å². The smallest absolute Gasteiger partial charge is 0.311 e. The molecule has 210 valence electrons. The van der Waals surface area contributed by atoms with E-state index < -0.39 is 72.6 Å². The lowest BCUT2D eigenvalue weighted by Crippen LogP contribution is -2.62. The number of ether oxygens (including phenoxy) is 6. The normalized spacial score (nSPS) is 23.1. The van der Waals surface area contributed by atoms with Crippen molar-refractivity contribution >= 4 is 29.8 Å². The summed E-state index contributed by atoms with van der Waals surface area (Å²) in [6, 6.07) is 9.15. The molecule has 38 heavy (non-hydrogen) atoms. The zero-order valence-corrected chi connectivity index (χ0v) is 22.0. The number of hydrogen-bond acceptors (Lipinski definition) is 12. The highest BCUT2D eigenvalue weighted by atomic mass is 16.7. The molecule has 0 unspecified atom stereocenters. The molecule has 0 bridgehead atoms. The maximum atomic E-state index is 12.8. The van der Waals surface area contributed by atoms with E-state index in [-0.39, 0.29) is 19.4 Å². The van der Waals surface area contributed by atoms with Gasteiger partial charge < -0.3 is 33.5 Å². The molecule has 0 amide bonds. The maximum absolute atomic E-state index is 12.8. The molecule has 0 spiro atoms. The summed E-state index contributed by atoms with van der Waals surface area (Å²) in [5.41, 5.74) is -0.273. The average molecular weight is 539 g/mol. The third kappa shape index (κ3) is 9.42. The minimum absolute atomic E-state index is 0.0394. The van der Waals surface area contributed by atoms with E-state index >= 15 is 0 Å². The van der Waals surface area contributed by atoms with Gasteiger partial charge in [0.05, 0.1) is 5.41 Å². The largest absolute Gasteiger partial charge is 0.462 e. The SMILES string of the molecule is CC(=O)O[C@@H]1[C@@H](OC(C)=O)[C@H](O)O[C@H](COC(=O)C(C)(C)CCC(=O)OCc2ccccc2)[C@@H]1OC(C)=O. The van der Waals surface area contributed by atoms with Crippen molar-refractivity contribution in [1.82, 2.24) is 0 Å². The van der Waals surface area contributed by atoms with E-state index in [0.29, 0.717) is 0 Å². The Hall–Kier alpha value is -3.51. The third-order valence-corrected chi connectivity index (χ3v) is 5.64. The van der Waals surface area contributed by atoms with E-state index in [1.54, 1.807) is 13.8 Å². The highest BCUT2D eigenvalue weighted by Gasteiger charge is 2.52. The van der Waals surface area contributed by atoms with Crippen LogP contribution >= 0.6 is 0 Å². The predicted octanol–water partition coefficient (Wildman–Crippen LogP) is 1.59. The lowest BCUT2D eigenvalue weighted by Gasteiger charge is -2.42. The van der Waals surface area contributed by atoms with Gasteiger partial charge >= 0.3 is 29.8 Å². The molecule has 1 aliphatic heterocycles. The van der Waals surface area contributed by atoms with Crippen LogP contribution in [0.25, 0.3) is 0 Å². The summed E-state index contributed by atoms with van der Waals surface area (Å²) in [4.78, 5) is 59.9. The second-order valence-electron chi connectivity index (χ2n) is 9.42. The Bertz CT molecular complexity index is 989. The monoisotopic (exact) mass is 538 g/mol. The van der Waals surface area contributed by atoms with Crippen LogP contribution in [-0.2, 0) is 59.0 Å². The zero-order valence-electron chi connectivity index (χ0n) is 22.0. The van der Waals surface area contributed by atoms with Crippen LogP contribution in [0.5, 0.6) is 0 Å². The molecule has 0 saturated carbocycles. The van der Waals surface area contributed by atoms with Crippen molar-refractivity contribution in [1.29, 1.82) is 0 Å². The molecule has 1 fully saturated rings. The molecule has 1 aromatic carbocycles. The topological polar surface area (TPSA) is 161 Å². The summed E-state index contributed by atoms with van der Waals surface area (Å²) in [6.45, 7) is 6.03. The minimum atomic E-state index is -1.77. The fraction of sp³-hybridized carbons (Fsp3) is 0.577. The maximum Gasteiger partial charge on any atom is 0.311 e. The van der Waals surface area contributed by atoms with Crippen LogP contribution in [0.2, 0.25) is 0 Å². The number of carbonyl (C=O) groups is 5. The summed E-state index contributed by atoms with van der Waals surface area (Å²) in [5.74, 6) is -3.55. The van der Waals surface area contributed by atoms with Crippen molar-refractivity contribution in [2.75, 3.05) is 6.61 Å². The van der Waals surface area contributed by atoms with E-state index in [4.69, 9.17) is 28.4 Å². The quantitative estimate of drug-likeness (QED) is 0.320. The van der Waals surface area contributed by atoms with Crippen molar-refractivity contribution in [2.45, 2.75) is 84.8 Å². The summed E-state index contributed by atoms with van der Waals surface area (Å²) >= 11 is 0. The van der Waals surface area contributed by atoms with Crippen LogP contribution < -0.4 is 0 Å². The number of aliphatic hydroxyl groups is 1. The van der Waals surface area contributed by atoms with Gasteiger partial charge in [0.2, 0.25) is 0 Å². The van der Waals surface area contributed by atoms with E-state index in [2.05, 4.69) is 0 Å². The molecule has 0 radical (unpaired) electrons. The first-order valence-corrected chi connectivity index (χ1v) is 12.0. The van der Waals surface area contributed by atoms with E-state index in [0.717, 1.165) is 26.3 Å². The molecular weight excluding hydrogens is 504 g/mol. The Balaban J connectivity index is 2.01. The fourth-order valence-electron chi connectivity index (χ4n) is 3.69. The molecule has 1 aliphatic rings. The zero-order chi connectivity index (χ0) is 28.5. The van der Waals surface area contributed by atoms with E-state index in [1.165, 1.54) is 0 Å². The number of aliphatic hydroxyl groups excluding tert-OH is 1. The van der Waals surface area contributed by atoms with Crippen molar-refractivity contribution in [3.05, 3.63) is 35.9 Å². The van der Waals surface area contributed by atoms with Crippen molar-refractivity contribution in [2.24, 2.45) is 5.41 Å². The van der Waals surface area contributed by atoms with Gasteiger partial charge in [-0.05, 0) is 25.8 Å². The molecule has 0 aromatic heterocycles. The van der Waals surface area contributed by atoms with Gasteiger partial charge in [0.1, 0.15) is 19.3 Å². The molecule has 1 N–H and O–H groups in total. The van der Waals surface area contributed by atoms with E-state index in [1.807, 2.05) is 30.3 Å². The number of rotatable bonds is 11. The van der Waals surface area contributed by atoms with Crippen molar-refractivity contribution < 1.29 is 57.5 Å². The summed E-state index contributed by atoms with van der Waals surface area (Å²) in [5, 5.41) is 10.4. The van der Waals surface area contributed by atoms with Gasteiger partial charge in [-0.15, -0.1) is 0 Å². The fourth-order valence-corrected chi connectivity index (χ4v) is 3.69. The lowest BCUT2D eigenvalue weighted by molar-refractivity contribution is -0.296. The van der Waals surface area contributed by atoms with Gasteiger partial charge in [-0.3, -0.25) is 24.0 Å². The van der Waals surface area contributed by atoms with Gasteiger partial charge in [-0.1, -0.05) is 30.3 Å². The lowest BCUT2D eigenvalue weighted by atomic mass is 9.88. The van der Waals surface area contributed by atoms with Gasteiger partial charge in [-0.25, -0.2) is 0 Å². The first-order valence-electron chi connectivity index (χ1n) is 12.0. The van der Waals surface area contributed by atoms with Crippen LogP contribution in [0.3, 0.4) is 0 Å². The van der Waals surface area contributed by atoms with Crippen LogP contribution in [0, 0.1) is 5.41 Å². The van der Waals surface area contributed by atoms with Crippen LogP contribution in [0.4, 0.5) is 0 Å². The average Bonchev–Trinajstić information content (AvgIpc) is 2.84. The summed E-state index contributed by atoms with van der Waals surface area (Å²) < 4.78 is 31.5. The number of esters is 5. The first kappa shape index (κ1) is 30.7. The number of benzene rings is 1. The molecular formula is C26H34O12. The summed E-state index contributed by atoms with van der Waals surface area (Å²) in [6.07, 6.45) is -7.25. The number of carbonyl (C=O) groups excluding carboxylic acids is 5. The molecule has 1 heterocycles. The Labute approximate surface area is 220 Å². The van der Waals surface area contributed by atoms with E-state index in [9.17, 15) is 29.1 Å². The molecule has 12 heteroatoms. The Morgan fingerprint density at radius 1 is 0.842 bits per heavy atom. The third-order valence-electron chi connectivity index (χ3n) is 5.64. The molecule has 5 atom stereocenters. The Morgan fingerprint density at radius 3 is 1.97 bits per heavy atom.